The molecule has 1 heterocycles. The number of hydrazone groups is 1. The Bertz CT molecular complexity index is 1040. The summed E-state index contributed by atoms with van der Waals surface area (Å²) >= 11 is 1.45. The zero-order valence-corrected chi connectivity index (χ0v) is 16.9. The molecule has 3 rings (SSSR count). The van der Waals surface area contributed by atoms with Crippen molar-refractivity contribution < 1.29 is 14.6 Å². The first-order valence-corrected chi connectivity index (χ1v) is 9.45. The Hall–Kier alpha value is -3.59. The number of aromatic carboxylic acids is 1. The van der Waals surface area contributed by atoms with E-state index in [1.165, 1.54) is 23.5 Å². The molecule has 0 saturated carbocycles. The monoisotopic (exact) mass is 409 g/mol. The number of ether oxygens (including phenoxy) is 1. The van der Waals surface area contributed by atoms with Crippen molar-refractivity contribution in [3.63, 3.8) is 0 Å². The van der Waals surface area contributed by atoms with Crippen molar-refractivity contribution in [2.45, 2.75) is 13.8 Å². The number of carboxylic acid groups (broad SMARTS) is 1. The van der Waals surface area contributed by atoms with E-state index >= 15 is 0 Å². The molecular formula is C20H19N5O3S. The molecule has 0 saturated heterocycles. The molecule has 0 radical (unpaired) electrons. The Morgan fingerprint density at radius 3 is 2.28 bits per heavy atom. The number of aryl methyl sites for hydroxylation is 2. The van der Waals surface area contributed by atoms with Crippen LogP contribution in [0.5, 0.6) is 5.75 Å². The maximum Gasteiger partial charge on any atom is 0.335 e. The second kappa shape index (κ2) is 9.07. The number of azo groups is 1. The van der Waals surface area contributed by atoms with Crippen molar-refractivity contribution in [1.82, 2.24) is 4.98 Å². The Morgan fingerprint density at radius 2 is 1.72 bits per heavy atom. The quantitative estimate of drug-likeness (QED) is 0.257. The minimum Gasteiger partial charge on any atom is -0.497 e. The lowest BCUT2D eigenvalue weighted by Crippen LogP contribution is -2.02. The summed E-state index contributed by atoms with van der Waals surface area (Å²) in [6.45, 7) is 3.90. The number of anilines is 1. The van der Waals surface area contributed by atoms with Crippen LogP contribution in [-0.4, -0.2) is 29.0 Å². The molecule has 0 fully saturated rings. The first-order chi connectivity index (χ1) is 14.0. The summed E-state index contributed by atoms with van der Waals surface area (Å²) in [6, 6.07) is 13.5. The van der Waals surface area contributed by atoms with Crippen molar-refractivity contribution in [1.29, 1.82) is 0 Å². The molecule has 29 heavy (non-hydrogen) atoms. The molecule has 1 aromatic heterocycles. The smallest absolute Gasteiger partial charge is 0.335 e. The predicted octanol–water partition coefficient (Wildman–Crippen LogP) is 5.02. The third-order valence-corrected chi connectivity index (χ3v) is 4.98. The maximum atomic E-state index is 11.0. The number of hydrogen-bond acceptors (Lipinski definition) is 7. The van der Waals surface area contributed by atoms with Gasteiger partial charge in [0, 0.05) is 10.4 Å². The van der Waals surface area contributed by atoms with Crippen LogP contribution in [0, 0.1) is 13.8 Å². The zero-order chi connectivity index (χ0) is 20.8. The highest BCUT2D eigenvalue weighted by molar-refractivity contribution is 7.15. The van der Waals surface area contributed by atoms with Gasteiger partial charge in [0.2, 0.25) is 11.0 Å². The van der Waals surface area contributed by atoms with E-state index in [4.69, 9.17) is 9.84 Å². The van der Waals surface area contributed by atoms with Crippen LogP contribution in [-0.2, 0) is 0 Å². The molecule has 0 spiro atoms. The van der Waals surface area contributed by atoms with E-state index in [9.17, 15) is 4.79 Å². The van der Waals surface area contributed by atoms with Crippen LogP contribution >= 0.6 is 11.3 Å². The second-order valence-electron chi connectivity index (χ2n) is 6.00. The molecule has 148 valence electrons. The van der Waals surface area contributed by atoms with Crippen LogP contribution in [0.1, 0.15) is 26.5 Å². The molecule has 0 bridgehead atoms. The third kappa shape index (κ3) is 5.23. The number of rotatable bonds is 6. The minimum absolute atomic E-state index is 0.198. The molecule has 0 atom stereocenters. The predicted molar refractivity (Wildman–Crippen MR) is 113 cm³/mol. The minimum atomic E-state index is -0.984. The van der Waals surface area contributed by atoms with Gasteiger partial charge in [-0.05, 0) is 62.4 Å². The van der Waals surface area contributed by atoms with Gasteiger partial charge in [0.05, 0.1) is 24.1 Å². The van der Waals surface area contributed by atoms with E-state index < -0.39 is 5.97 Å². The maximum absolute atomic E-state index is 11.0. The fraction of sp³-hybridized carbons (Fsp3) is 0.150. The number of nitrogens with one attached hydrogen (secondary N) is 1. The molecule has 0 aliphatic heterocycles. The van der Waals surface area contributed by atoms with Crippen molar-refractivity contribution in [2.24, 2.45) is 15.3 Å². The number of carboxylic acids is 1. The van der Waals surface area contributed by atoms with Gasteiger partial charge in [-0.3, -0.25) is 5.43 Å². The highest BCUT2D eigenvalue weighted by atomic mass is 32.1. The fourth-order valence-corrected chi connectivity index (χ4v) is 3.01. The van der Waals surface area contributed by atoms with Crippen LogP contribution in [0.25, 0.3) is 0 Å². The molecule has 2 aromatic carbocycles. The zero-order valence-electron chi connectivity index (χ0n) is 16.1. The average Bonchev–Trinajstić information content (AvgIpc) is 3.06. The summed E-state index contributed by atoms with van der Waals surface area (Å²) in [5.74, 6) is 0.0794. The molecule has 0 aliphatic carbocycles. The van der Waals surface area contributed by atoms with Gasteiger partial charge in [-0.25, -0.2) is 9.78 Å². The van der Waals surface area contributed by atoms with Gasteiger partial charge < -0.3 is 9.84 Å². The molecule has 0 aliphatic rings. The summed E-state index contributed by atoms with van der Waals surface area (Å²) in [5, 5.41) is 22.3. The molecule has 0 amide bonds. The summed E-state index contributed by atoms with van der Waals surface area (Å²) in [6.07, 6.45) is 0. The van der Waals surface area contributed by atoms with E-state index in [1.807, 2.05) is 26.0 Å². The number of thiazole rings is 1. The molecule has 8 nitrogen and oxygen atoms in total. The Balaban J connectivity index is 1.88. The number of aromatic nitrogens is 1. The van der Waals surface area contributed by atoms with Gasteiger partial charge in [-0.1, -0.05) is 11.3 Å². The Labute approximate surface area is 171 Å². The number of carbonyl (C=O) groups is 1. The lowest BCUT2D eigenvalue weighted by Gasteiger charge is -2.05. The summed E-state index contributed by atoms with van der Waals surface area (Å²) in [5.41, 5.74) is 5.36. The van der Waals surface area contributed by atoms with E-state index in [1.54, 1.807) is 31.4 Å². The Kier molecular flexibility index (Phi) is 6.30. The number of methoxy groups -OCH3 is 1. The first kappa shape index (κ1) is 20.2. The molecule has 3 aromatic rings. The van der Waals surface area contributed by atoms with Crippen molar-refractivity contribution in [2.75, 3.05) is 12.5 Å². The number of hydrogen-bond donors (Lipinski definition) is 2. The molecular weight excluding hydrogens is 390 g/mol. The molecule has 2 N–H and O–H groups in total. The van der Waals surface area contributed by atoms with Crippen LogP contribution in [0.15, 0.2) is 63.9 Å². The van der Waals surface area contributed by atoms with Gasteiger partial charge in [0.15, 0.2) is 0 Å². The van der Waals surface area contributed by atoms with E-state index in [0.29, 0.717) is 22.4 Å². The average molecular weight is 409 g/mol. The first-order valence-electron chi connectivity index (χ1n) is 8.63. The van der Waals surface area contributed by atoms with Gasteiger partial charge >= 0.3 is 5.97 Å². The van der Waals surface area contributed by atoms with E-state index in [-0.39, 0.29) is 5.56 Å². The SMILES string of the molecule is COc1ccc(C(N=Nc2nc(C)c(C)s2)=NNc2ccc(C(=O)O)cc2)cc1. The van der Waals surface area contributed by atoms with Gasteiger partial charge in [0.25, 0.3) is 0 Å². The summed E-state index contributed by atoms with van der Waals surface area (Å²) < 4.78 is 5.19. The van der Waals surface area contributed by atoms with Crippen LogP contribution < -0.4 is 10.2 Å². The van der Waals surface area contributed by atoms with E-state index in [2.05, 4.69) is 25.7 Å². The molecule has 0 unspecified atom stereocenters. The Morgan fingerprint density at radius 1 is 1.07 bits per heavy atom. The standard InChI is InChI=1S/C20H19N5O3S/c1-12-13(2)29-20(21-12)25-24-18(14-6-10-17(28-3)11-7-14)23-22-16-8-4-15(5-9-16)19(26)27/h4-11,22H,1-3H3,(H,26,27). The highest BCUT2D eigenvalue weighted by Crippen LogP contribution is 2.24. The van der Waals surface area contributed by atoms with Gasteiger partial charge in [-0.2, -0.15) is 5.10 Å². The lowest BCUT2D eigenvalue weighted by atomic mass is 10.2. The van der Waals surface area contributed by atoms with Gasteiger partial charge in [-0.15, -0.1) is 10.2 Å². The van der Waals surface area contributed by atoms with Crippen LogP contribution in [0.2, 0.25) is 0 Å². The lowest BCUT2D eigenvalue weighted by molar-refractivity contribution is 0.0697. The van der Waals surface area contributed by atoms with Gasteiger partial charge in [0.1, 0.15) is 5.75 Å². The van der Waals surface area contributed by atoms with E-state index in [0.717, 1.165) is 16.1 Å². The fourth-order valence-electron chi connectivity index (χ4n) is 2.28. The summed E-state index contributed by atoms with van der Waals surface area (Å²) in [4.78, 5) is 16.4. The number of nitrogens with zero attached hydrogens (tertiary/aromatic N) is 4. The van der Waals surface area contributed by atoms with Crippen molar-refractivity contribution >= 4 is 34.0 Å². The largest absolute Gasteiger partial charge is 0.497 e. The number of amidine groups is 1. The second-order valence-corrected chi connectivity index (χ2v) is 7.18. The topological polar surface area (TPSA) is 109 Å². The van der Waals surface area contributed by atoms with Crippen molar-refractivity contribution in [3.05, 3.63) is 70.2 Å². The highest BCUT2D eigenvalue weighted by Gasteiger charge is 2.07. The summed E-state index contributed by atoms with van der Waals surface area (Å²) in [7, 11) is 1.60. The third-order valence-electron chi connectivity index (χ3n) is 4.02. The molecule has 9 heteroatoms. The normalized spacial score (nSPS) is 11.6. The van der Waals surface area contributed by atoms with Crippen LogP contribution in [0.4, 0.5) is 10.8 Å². The van der Waals surface area contributed by atoms with Crippen molar-refractivity contribution in [3.8, 4) is 5.75 Å². The van der Waals surface area contributed by atoms with Crippen LogP contribution in [0.3, 0.4) is 0 Å². The number of benzene rings is 2.